The summed E-state index contributed by atoms with van der Waals surface area (Å²) in [5.41, 5.74) is 6.68. The lowest BCUT2D eigenvalue weighted by Crippen LogP contribution is -2.55. The molecule has 1 aromatic carbocycles. The number of hydrazine groups is 1. The number of benzene rings is 1. The Morgan fingerprint density at radius 1 is 1.00 bits per heavy atom. The molecule has 0 heterocycles. The van der Waals surface area contributed by atoms with Crippen LogP contribution in [0.25, 0.3) is 0 Å². The lowest BCUT2D eigenvalue weighted by molar-refractivity contribution is -0.135. The second kappa shape index (κ2) is 9.05. The highest BCUT2D eigenvalue weighted by molar-refractivity contribution is 5.89. The molecule has 1 rings (SSSR count). The second-order valence-electron chi connectivity index (χ2n) is 6.36. The zero-order chi connectivity index (χ0) is 19.1. The first-order valence-electron chi connectivity index (χ1n) is 8.23. The van der Waals surface area contributed by atoms with Crippen molar-refractivity contribution in [3.63, 3.8) is 0 Å². The van der Waals surface area contributed by atoms with Crippen molar-refractivity contribution < 1.29 is 19.1 Å². The summed E-state index contributed by atoms with van der Waals surface area (Å²) in [6, 6.07) is 4.87. The molecule has 0 bridgehead atoms. The van der Waals surface area contributed by atoms with E-state index < -0.39 is 24.0 Å². The summed E-state index contributed by atoms with van der Waals surface area (Å²) >= 11 is 0. The quantitative estimate of drug-likeness (QED) is 0.676. The summed E-state index contributed by atoms with van der Waals surface area (Å²) in [5, 5.41) is 2.55. The smallest absolute Gasteiger partial charge is 0.279 e. The highest BCUT2D eigenvalue weighted by atomic mass is 16.5. The summed E-state index contributed by atoms with van der Waals surface area (Å²) < 4.78 is 5.66. The molecule has 0 unspecified atom stereocenters. The average molecular weight is 349 g/mol. The fourth-order valence-electron chi connectivity index (χ4n) is 2.15. The molecule has 0 aliphatic rings. The maximum Gasteiger partial charge on any atom is 0.279 e. The van der Waals surface area contributed by atoms with Gasteiger partial charge in [-0.25, -0.2) is 0 Å². The molecule has 0 saturated heterocycles. The molecule has 0 spiro atoms. The molecule has 3 amide bonds. The summed E-state index contributed by atoms with van der Waals surface area (Å²) in [4.78, 5) is 35.4. The number of ether oxygens (including phenoxy) is 1. The lowest BCUT2D eigenvalue weighted by Gasteiger charge is -2.22. The molecule has 3 N–H and O–H groups in total. The molecule has 7 nitrogen and oxygen atoms in total. The molecule has 0 saturated carbocycles. The van der Waals surface area contributed by atoms with Crippen molar-refractivity contribution in [3.8, 4) is 5.75 Å². The van der Waals surface area contributed by atoms with Gasteiger partial charge in [0.15, 0.2) is 6.10 Å². The summed E-state index contributed by atoms with van der Waals surface area (Å²) in [6.07, 6.45) is -0.793. The van der Waals surface area contributed by atoms with Gasteiger partial charge in [0.05, 0.1) is 0 Å². The highest BCUT2D eigenvalue weighted by Crippen LogP contribution is 2.21. The number of hydrogen-bond acceptors (Lipinski definition) is 4. The summed E-state index contributed by atoms with van der Waals surface area (Å²) in [6.45, 7) is 10.4. The minimum Gasteiger partial charge on any atom is -0.481 e. The predicted molar refractivity (Wildman–Crippen MR) is 94.7 cm³/mol. The van der Waals surface area contributed by atoms with E-state index >= 15 is 0 Å². The van der Waals surface area contributed by atoms with Gasteiger partial charge in [0.2, 0.25) is 5.91 Å². The van der Waals surface area contributed by atoms with Gasteiger partial charge in [0.25, 0.3) is 11.8 Å². The van der Waals surface area contributed by atoms with E-state index in [1.54, 1.807) is 26.8 Å². The zero-order valence-electron chi connectivity index (χ0n) is 15.6. The van der Waals surface area contributed by atoms with Gasteiger partial charge in [-0.2, -0.15) is 0 Å². The van der Waals surface area contributed by atoms with E-state index in [9.17, 15) is 14.4 Å². The van der Waals surface area contributed by atoms with Crippen molar-refractivity contribution in [1.29, 1.82) is 0 Å². The molecular formula is C18H27N3O4. The van der Waals surface area contributed by atoms with Gasteiger partial charge >= 0.3 is 0 Å². The molecule has 0 aliphatic carbocycles. The highest BCUT2D eigenvalue weighted by Gasteiger charge is 2.24. The largest absolute Gasteiger partial charge is 0.481 e. The third kappa shape index (κ3) is 6.10. The monoisotopic (exact) mass is 349 g/mol. The van der Waals surface area contributed by atoms with Crippen LogP contribution in [0.2, 0.25) is 0 Å². The molecular weight excluding hydrogens is 322 g/mol. The third-order valence-corrected chi connectivity index (χ3v) is 3.84. The van der Waals surface area contributed by atoms with Crippen LogP contribution in [0.4, 0.5) is 0 Å². The molecule has 2 atom stereocenters. The zero-order valence-corrected chi connectivity index (χ0v) is 15.6. The fourth-order valence-corrected chi connectivity index (χ4v) is 2.15. The number of hydrogen-bond donors (Lipinski definition) is 3. The summed E-state index contributed by atoms with van der Waals surface area (Å²) in [7, 11) is 0. The van der Waals surface area contributed by atoms with Crippen LogP contribution < -0.4 is 20.9 Å². The molecule has 0 fully saturated rings. The van der Waals surface area contributed by atoms with Gasteiger partial charge in [-0.15, -0.1) is 0 Å². The SMILES string of the molecule is CC(=O)N[C@@H](C(=O)NNC(=O)[C@H](C)Oc1cccc(C)c1C)C(C)C. The van der Waals surface area contributed by atoms with Crippen LogP contribution in [-0.2, 0) is 14.4 Å². The Balaban J connectivity index is 2.61. The average Bonchev–Trinajstić information content (AvgIpc) is 2.53. The van der Waals surface area contributed by atoms with Crippen LogP contribution in [-0.4, -0.2) is 29.9 Å². The van der Waals surface area contributed by atoms with Crippen molar-refractivity contribution in [2.45, 2.75) is 53.7 Å². The van der Waals surface area contributed by atoms with E-state index in [0.29, 0.717) is 5.75 Å². The van der Waals surface area contributed by atoms with Gasteiger partial charge in [0, 0.05) is 6.92 Å². The number of amides is 3. The summed E-state index contributed by atoms with van der Waals surface area (Å²) in [5.74, 6) is -0.791. The van der Waals surface area contributed by atoms with Crippen molar-refractivity contribution in [1.82, 2.24) is 16.2 Å². The van der Waals surface area contributed by atoms with E-state index in [-0.39, 0.29) is 11.8 Å². The van der Waals surface area contributed by atoms with Crippen molar-refractivity contribution in [3.05, 3.63) is 29.3 Å². The molecule has 1 aromatic rings. The molecule has 7 heteroatoms. The predicted octanol–water partition coefficient (Wildman–Crippen LogP) is 1.38. The first-order chi connectivity index (χ1) is 11.6. The maximum absolute atomic E-state index is 12.1. The van der Waals surface area contributed by atoms with Crippen molar-refractivity contribution >= 4 is 17.7 Å². The lowest BCUT2D eigenvalue weighted by atomic mass is 10.0. The standard InChI is InChI=1S/C18H27N3O4/c1-10(2)16(19-14(6)22)18(24)21-20-17(23)13(5)25-15-9-7-8-11(3)12(15)4/h7-10,13,16H,1-6H3,(H,19,22)(H,20,23)(H,21,24)/t13-,16+/m0/s1. The number of rotatable bonds is 6. The van der Waals surface area contributed by atoms with Crippen LogP contribution in [0.15, 0.2) is 18.2 Å². The van der Waals surface area contributed by atoms with Crippen LogP contribution in [0.5, 0.6) is 5.75 Å². The first-order valence-corrected chi connectivity index (χ1v) is 8.23. The van der Waals surface area contributed by atoms with Gasteiger partial charge < -0.3 is 10.1 Å². The normalized spacial score (nSPS) is 12.9. The Bertz CT molecular complexity index is 643. The van der Waals surface area contributed by atoms with Crippen molar-refractivity contribution in [2.24, 2.45) is 5.92 Å². The van der Waals surface area contributed by atoms with Crippen LogP contribution in [0.1, 0.15) is 38.8 Å². The van der Waals surface area contributed by atoms with E-state index in [1.807, 2.05) is 26.0 Å². The van der Waals surface area contributed by atoms with Crippen molar-refractivity contribution in [2.75, 3.05) is 0 Å². The van der Waals surface area contributed by atoms with E-state index in [4.69, 9.17) is 4.74 Å². The Labute approximate surface area is 148 Å². The minimum absolute atomic E-state index is 0.121. The maximum atomic E-state index is 12.1. The van der Waals surface area contributed by atoms with E-state index in [1.165, 1.54) is 6.92 Å². The Morgan fingerprint density at radius 3 is 2.16 bits per heavy atom. The van der Waals surface area contributed by atoms with Crippen LogP contribution >= 0.6 is 0 Å². The molecule has 0 radical (unpaired) electrons. The molecule has 138 valence electrons. The van der Waals surface area contributed by atoms with E-state index in [0.717, 1.165) is 11.1 Å². The fraction of sp³-hybridized carbons (Fsp3) is 0.500. The number of carbonyl (C=O) groups is 3. The molecule has 0 aliphatic heterocycles. The second-order valence-corrected chi connectivity index (χ2v) is 6.36. The number of carbonyl (C=O) groups excluding carboxylic acids is 3. The van der Waals surface area contributed by atoms with Gasteiger partial charge in [0.1, 0.15) is 11.8 Å². The Morgan fingerprint density at radius 2 is 1.60 bits per heavy atom. The van der Waals surface area contributed by atoms with Gasteiger partial charge in [-0.05, 0) is 43.9 Å². The minimum atomic E-state index is -0.793. The Hall–Kier alpha value is -2.57. The van der Waals surface area contributed by atoms with Gasteiger partial charge in [-0.1, -0.05) is 26.0 Å². The number of aryl methyl sites for hydroxylation is 1. The Kier molecular flexibility index (Phi) is 7.42. The molecule has 0 aromatic heterocycles. The molecule has 25 heavy (non-hydrogen) atoms. The van der Waals surface area contributed by atoms with E-state index in [2.05, 4.69) is 16.2 Å². The topological polar surface area (TPSA) is 96.5 Å². The first kappa shape index (κ1) is 20.5. The third-order valence-electron chi connectivity index (χ3n) is 3.84. The van der Waals surface area contributed by atoms with Crippen LogP contribution in [0, 0.1) is 19.8 Å². The number of nitrogens with one attached hydrogen (secondary N) is 3. The van der Waals surface area contributed by atoms with Gasteiger partial charge in [-0.3, -0.25) is 25.2 Å². The van der Waals surface area contributed by atoms with Crippen LogP contribution in [0.3, 0.4) is 0 Å².